The van der Waals surface area contributed by atoms with Gasteiger partial charge in [0.15, 0.2) is 0 Å². The molecule has 1 saturated heterocycles. The Morgan fingerprint density at radius 1 is 1.37 bits per heavy atom. The molecular weight excluding hydrogens is 238 g/mol. The van der Waals surface area contributed by atoms with Gasteiger partial charge < -0.3 is 10.4 Å². The number of aromatic hydroxyl groups is 1. The van der Waals surface area contributed by atoms with Crippen LogP contribution in [0, 0.1) is 0 Å². The summed E-state index contributed by atoms with van der Waals surface area (Å²) in [5.74, 6) is 0.107. The Morgan fingerprint density at radius 3 is 2.84 bits per heavy atom. The van der Waals surface area contributed by atoms with Gasteiger partial charge in [0.05, 0.1) is 11.6 Å². The molecule has 2 atom stereocenters. The predicted octanol–water partition coefficient (Wildman–Crippen LogP) is 2.57. The fourth-order valence-electron chi connectivity index (χ4n) is 2.72. The fraction of sp³-hybridized carbons (Fsp3) is 0.400. The van der Waals surface area contributed by atoms with Crippen molar-refractivity contribution in [2.75, 3.05) is 6.54 Å². The van der Waals surface area contributed by atoms with Gasteiger partial charge in [-0.15, -0.1) is 5.10 Å². The quantitative estimate of drug-likeness (QED) is 0.888. The van der Waals surface area contributed by atoms with E-state index in [9.17, 15) is 5.11 Å². The Morgan fingerprint density at radius 2 is 2.16 bits per heavy atom. The van der Waals surface area contributed by atoms with E-state index in [0.29, 0.717) is 6.04 Å². The molecule has 100 valence electrons. The fourth-order valence-corrected chi connectivity index (χ4v) is 2.72. The van der Waals surface area contributed by atoms with Crippen molar-refractivity contribution >= 4 is 0 Å². The molecule has 1 aliphatic heterocycles. The van der Waals surface area contributed by atoms with Crippen LogP contribution in [0.25, 0.3) is 11.1 Å². The molecule has 1 aromatic heterocycles. The molecule has 0 radical (unpaired) electrons. The number of hydrogen-bond donors (Lipinski definition) is 2. The first-order chi connectivity index (χ1) is 9.25. The minimum Gasteiger partial charge on any atom is -0.492 e. The van der Waals surface area contributed by atoms with E-state index in [4.69, 9.17) is 0 Å². The third-order valence-corrected chi connectivity index (χ3v) is 3.90. The molecule has 4 heteroatoms. The summed E-state index contributed by atoms with van der Waals surface area (Å²) < 4.78 is 1.88. The second kappa shape index (κ2) is 5.05. The smallest absolute Gasteiger partial charge is 0.238 e. The van der Waals surface area contributed by atoms with Gasteiger partial charge >= 0.3 is 0 Å². The zero-order valence-corrected chi connectivity index (χ0v) is 11.1. The largest absolute Gasteiger partial charge is 0.492 e. The molecule has 1 aliphatic rings. The van der Waals surface area contributed by atoms with Crippen molar-refractivity contribution in [3.05, 3.63) is 36.5 Å². The molecule has 1 fully saturated rings. The Hall–Kier alpha value is -1.81. The third kappa shape index (κ3) is 2.36. The van der Waals surface area contributed by atoms with E-state index in [1.54, 1.807) is 0 Å². The van der Waals surface area contributed by atoms with Gasteiger partial charge in [-0.1, -0.05) is 30.3 Å². The number of nitrogens with one attached hydrogen (secondary N) is 1. The molecule has 2 heterocycles. The van der Waals surface area contributed by atoms with Crippen LogP contribution in [0.4, 0.5) is 0 Å². The van der Waals surface area contributed by atoms with Gasteiger partial charge in [0.1, 0.15) is 0 Å². The van der Waals surface area contributed by atoms with Crippen LogP contribution in [0.3, 0.4) is 0 Å². The van der Waals surface area contributed by atoms with Crippen LogP contribution in [0.2, 0.25) is 0 Å². The van der Waals surface area contributed by atoms with E-state index < -0.39 is 0 Å². The van der Waals surface area contributed by atoms with Gasteiger partial charge in [0.2, 0.25) is 5.88 Å². The Kier molecular flexibility index (Phi) is 3.25. The van der Waals surface area contributed by atoms with E-state index in [1.165, 1.54) is 12.8 Å². The molecule has 0 aliphatic carbocycles. The number of nitrogens with zero attached hydrogens (tertiary/aromatic N) is 2. The summed E-state index contributed by atoms with van der Waals surface area (Å²) in [5.41, 5.74) is 1.79. The summed E-state index contributed by atoms with van der Waals surface area (Å²) in [5, 5.41) is 17.8. The Bertz CT molecular complexity index is 544. The number of aromatic nitrogens is 2. The summed E-state index contributed by atoms with van der Waals surface area (Å²) in [6.07, 6.45) is 4.32. The molecule has 1 unspecified atom stereocenters. The zero-order chi connectivity index (χ0) is 13.2. The van der Waals surface area contributed by atoms with E-state index >= 15 is 0 Å². The van der Waals surface area contributed by atoms with Crippen LogP contribution in [-0.4, -0.2) is 27.5 Å². The van der Waals surface area contributed by atoms with Gasteiger partial charge in [-0.25, -0.2) is 0 Å². The van der Waals surface area contributed by atoms with E-state index in [0.717, 1.165) is 17.7 Å². The average molecular weight is 257 g/mol. The normalized spacial score (nSPS) is 20.6. The number of hydrogen-bond acceptors (Lipinski definition) is 3. The summed E-state index contributed by atoms with van der Waals surface area (Å²) in [7, 11) is 0. The van der Waals surface area contributed by atoms with Gasteiger partial charge in [0.25, 0.3) is 0 Å². The van der Waals surface area contributed by atoms with Crippen LogP contribution >= 0.6 is 0 Å². The van der Waals surface area contributed by atoms with Gasteiger partial charge in [-0.05, 0) is 31.9 Å². The highest BCUT2D eigenvalue weighted by atomic mass is 16.3. The van der Waals surface area contributed by atoms with Crippen LogP contribution < -0.4 is 5.32 Å². The third-order valence-electron chi connectivity index (χ3n) is 3.90. The molecule has 4 nitrogen and oxygen atoms in total. The van der Waals surface area contributed by atoms with Crippen molar-refractivity contribution in [2.24, 2.45) is 0 Å². The first-order valence-corrected chi connectivity index (χ1v) is 6.82. The highest BCUT2D eigenvalue weighted by Gasteiger charge is 2.24. The van der Waals surface area contributed by atoms with Crippen LogP contribution in [0.5, 0.6) is 5.88 Å². The first-order valence-electron chi connectivity index (χ1n) is 6.82. The maximum Gasteiger partial charge on any atom is 0.238 e. The lowest BCUT2D eigenvalue weighted by molar-refractivity contribution is 0.362. The lowest BCUT2D eigenvalue weighted by Crippen LogP contribution is -2.30. The zero-order valence-electron chi connectivity index (χ0n) is 11.1. The standard InChI is InChI=1S/C15H19N3O/c1-11(14-8-5-9-16-14)18-10-13(15(19)17-18)12-6-3-2-4-7-12/h2-4,6-7,10-11,14,16H,5,8-9H2,1H3,(H,17,19)/t11-,14?/m1/s1. The van der Waals surface area contributed by atoms with Gasteiger partial charge in [0, 0.05) is 12.2 Å². The van der Waals surface area contributed by atoms with Crippen LogP contribution in [0.15, 0.2) is 36.5 Å². The van der Waals surface area contributed by atoms with Crippen molar-refractivity contribution in [3.63, 3.8) is 0 Å². The highest BCUT2D eigenvalue weighted by Crippen LogP contribution is 2.30. The van der Waals surface area contributed by atoms with Crippen molar-refractivity contribution in [2.45, 2.75) is 31.8 Å². The minimum atomic E-state index is 0.107. The van der Waals surface area contributed by atoms with E-state index in [-0.39, 0.29) is 11.9 Å². The van der Waals surface area contributed by atoms with Gasteiger partial charge in [-0.3, -0.25) is 4.68 Å². The SMILES string of the molecule is C[C@H](C1CCCN1)n1cc(-c2ccccc2)c(O)n1. The monoisotopic (exact) mass is 257 g/mol. The van der Waals surface area contributed by atoms with Crippen molar-refractivity contribution in [3.8, 4) is 17.0 Å². The first kappa shape index (κ1) is 12.2. The van der Waals surface area contributed by atoms with Crippen molar-refractivity contribution < 1.29 is 5.11 Å². The van der Waals surface area contributed by atoms with Gasteiger partial charge in [-0.2, -0.15) is 0 Å². The highest BCUT2D eigenvalue weighted by molar-refractivity contribution is 5.67. The molecule has 19 heavy (non-hydrogen) atoms. The minimum absolute atomic E-state index is 0.107. The van der Waals surface area contributed by atoms with Crippen LogP contribution in [0.1, 0.15) is 25.8 Å². The topological polar surface area (TPSA) is 50.1 Å². The summed E-state index contributed by atoms with van der Waals surface area (Å²) in [6.45, 7) is 3.22. The van der Waals surface area contributed by atoms with Crippen molar-refractivity contribution in [1.82, 2.24) is 15.1 Å². The molecule has 2 aromatic rings. The summed E-state index contributed by atoms with van der Waals surface area (Å²) in [4.78, 5) is 0. The van der Waals surface area contributed by atoms with Crippen molar-refractivity contribution in [1.29, 1.82) is 0 Å². The maximum atomic E-state index is 10.0. The second-order valence-electron chi connectivity index (χ2n) is 5.16. The van der Waals surface area contributed by atoms with E-state index in [2.05, 4.69) is 17.3 Å². The lowest BCUT2D eigenvalue weighted by Gasteiger charge is -2.19. The molecule has 0 spiro atoms. The maximum absolute atomic E-state index is 10.0. The summed E-state index contributed by atoms with van der Waals surface area (Å²) in [6, 6.07) is 10.6. The predicted molar refractivity (Wildman–Crippen MR) is 75.1 cm³/mol. The Balaban J connectivity index is 1.89. The molecular formula is C15H19N3O. The molecule has 2 N–H and O–H groups in total. The molecule has 0 bridgehead atoms. The molecule has 1 aromatic carbocycles. The average Bonchev–Trinajstić information content (AvgIpc) is 3.08. The van der Waals surface area contributed by atoms with Crippen LogP contribution in [-0.2, 0) is 0 Å². The Labute approximate surface area is 113 Å². The molecule has 3 rings (SSSR count). The van der Waals surface area contributed by atoms with E-state index in [1.807, 2.05) is 41.2 Å². The lowest BCUT2D eigenvalue weighted by atomic mass is 10.1. The molecule has 0 saturated carbocycles. The number of rotatable bonds is 3. The number of benzene rings is 1. The second-order valence-corrected chi connectivity index (χ2v) is 5.16. The summed E-state index contributed by atoms with van der Waals surface area (Å²) >= 11 is 0. The molecule has 0 amide bonds.